The van der Waals surface area contributed by atoms with Crippen molar-refractivity contribution < 1.29 is 9.90 Å². The zero-order valence-corrected chi connectivity index (χ0v) is 9.84. The Morgan fingerprint density at radius 1 is 1.17 bits per heavy atom. The lowest BCUT2D eigenvalue weighted by molar-refractivity contribution is -0.116. The van der Waals surface area contributed by atoms with E-state index in [1.807, 2.05) is 12.1 Å². The molecule has 0 saturated carbocycles. The van der Waals surface area contributed by atoms with E-state index in [4.69, 9.17) is 0 Å². The van der Waals surface area contributed by atoms with Gasteiger partial charge in [0.05, 0.1) is 0 Å². The van der Waals surface area contributed by atoms with E-state index in [0.717, 1.165) is 11.3 Å². The van der Waals surface area contributed by atoms with Gasteiger partial charge in [0.15, 0.2) is 0 Å². The number of anilines is 1. The molecule has 0 atom stereocenters. The van der Waals surface area contributed by atoms with Crippen LogP contribution in [-0.2, 0) is 11.2 Å². The first-order valence-corrected chi connectivity index (χ1v) is 5.72. The number of phenols is 1. The number of hydrogen-bond acceptors (Lipinski definition) is 3. The highest BCUT2D eigenvalue weighted by atomic mass is 16.3. The summed E-state index contributed by atoms with van der Waals surface area (Å²) in [6.07, 6.45) is 4.10. The lowest BCUT2D eigenvalue weighted by atomic mass is 10.1. The van der Waals surface area contributed by atoms with Gasteiger partial charge in [0, 0.05) is 24.5 Å². The summed E-state index contributed by atoms with van der Waals surface area (Å²) in [7, 11) is 0. The number of pyridine rings is 1. The summed E-state index contributed by atoms with van der Waals surface area (Å²) in [6.45, 7) is 0. The molecular weight excluding hydrogens is 228 g/mol. The Morgan fingerprint density at radius 2 is 1.89 bits per heavy atom. The Morgan fingerprint density at radius 3 is 2.61 bits per heavy atom. The molecule has 0 aliphatic heterocycles. The first-order chi connectivity index (χ1) is 8.75. The van der Waals surface area contributed by atoms with Gasteiger partial charge in [-0.3, -0.25) is 9.78 Å². The Bertz CT molecular complexity index is 526. The van der Waals surface area contributed by atoms with E-state index in [-0.39, 0.29) is 11.7 Å². The highest BCUT2D eigenvalue weighted by Gasteiger charge is 2.05. The van der Waals surface area contributed by atoms with Gasteiger partial charge in [0.25, 0.3) is 0 Å². The van der Waals surface area contributed by atoms with E-state index in [0.29, 0.717) is 12.8 Å². The number of nitrogens with one attached hydrogen (secondary N) is 1. The van der Waals surface area contributed by atoms with Crippen LogP contribution in [0.5, 0.6) is 5.75 Å². The van der Waals surface area contributed by atoms with Crippen LogP contribution in [0, 0.1) is 0 Å². The number of rotatable bonds is 4. The number of hydrogen-bond donors (Lipinski definition) is 2. The van der Waals surface area contributed by atoms with Crippen molar-refractivity contribution in [2.75, 3.05) is 5.32 Å². The number of carbonyl (C=O) groups excluding carboxylic acids is 1. The number of phenolic OH excluding ortho intramolecular Hbond substituents is 1. The normalized spacial score (nSPS) is 10.0. The molecular formula is C14H14N2O2. The number of carbonyl (C=O) groups is 1. The van der Waals surface area contributed by atoms with Crippen LogP contribution in [0.4, 0.5) is 5.69 Å². The van der Waals surface area contributed by atoms with Crippen LogP contribution < -0.4 is 5.32 Å². The van der Waals surface area contributed by atoms with Crippen molar-refractivity contribution in [3.8, 4) is 5.75 Å². The summed E-state index contributed by atoms with van der Waals surface area (Å²) in [5.41, 5.74) is 1.51. The summed E-state index contributed by atoms with van der Waals surface area (Å²) in [4.78, 5) is 15.6. The summed E-state index contributed by atoms with van der Waals surface area (Å²) < 4.78 is 0. The highest BCUT2D eigenvalue weighted by Crippen LogP contribution is 2.17. The van der Waals surface area contributed by atoms with Crippen molar-refractivity contribution in [1.29, 1.82) is 0 Å². The molecule has 0 bridgehead atoms. The maximum Gasteiger partial charge on any atom is 0.224 e. The van der Waals surface area contributed by atoms with Crippen molar-refractivity contribution in [3.05, 3.63) is 54.4 Å². The van der Waals surface area contributed by atoms with Crippen LogP contribution in [0.3, 0.4) is 0 Å². The molecule has 92 valence electrons. The first kappa shape index (κ1) is 12.1. The fourth-order valence-corrected chi connectivity index (χ4v) is 1.63. The smallest absolute Gasteiger partial charge is 0.224 e. The second kappa shape index (κ2) is 5.82. The lowest BCUT2D eigenvalue weighted by Crippen LogP contribution is -2.12. The van der Waals surface area contributed by atoms with Crippen LogP contribution in [0.2, 0.25) is 0 Å². The molecule has 4 nitrogen and oxygen atoms in total. The van der Waals surface area contributed by atoms with Crippen molar-refractivity contribution >= 4 is 11.6 Å². The predicted molar refractivity (Wildman–Crippen MR) is 69.3 cm³/mol. The minimum atomic E-state index is -0.0792. The zero-order valence-electron chi connectivity index (χ0n) is 9.84. The number of aromatic hydroxyl groups is 1. The fraction of sp³-hybridized carbons (Fsp3) is 0.143. The lowest BCUT2D eigenvalue weighted by Gasteiger charge is -2.05. The number of amides is 1. The minimum Gasteiger partial charge on any atom is -0.508 e. The first-order valence-electron chi connectivity index (χ1n) is 5.72. The van der Waals surface area contributed by atoms with E-state index < -0.39 is 0 Å². The Hall–Kier alpha value is -2.36. The third kappa shape index (κ3) is 3.31. The van der Waals surface area contributed by atoms with Gasteiger partial charge in [-0.1, -0.05) is 18.2 Å². The SMILES string of the molecule is O=C(CCc1ccccc1O)Nc1ccncc1. The van der Waals surface area contributed by atoms with Crippen molar-refractivity contribution in [3.63, 3.8) is 0 Å². The summed E-state index contributed by atoms with van der Waals surface area (Å²) in [6, 6.07) is 10.5. The number of benzene rings is 1. The number of para-hydroxylation sites is 1. The van der Waals surface area contributed by atoms with Gasteiger partial charge < -0.3 is 10.4 Å². The molecule has 0 aliphatic carbocycles. The van der Waals surface area contributed by atoms with Crippen LogP contribution in [0.25, 0.3) is 0 Å². The molecule has 18 heavy (non-hydrogen) atoms. The Kier molecular flexibility index (Phi) is 3.91. The molecule has 2 rings (SSSR count). The monoisotopic (exact) mass is 242 g/mol. The zero-order chi connectivity index (χ0) is 12.8. The van der Waals surface area contributed by atoms with Crippen molar-refractivity contribution in [2.24, 2.45) is 0 Å². The number of aryl methyl sites for hydroxylation is 1. The average Bonchev–Trinajstić information content (AvgIpc) is 2.39. The molecule has 2 N–H and O–H groups in total. The third-order valence-corrected chi connectivity index (χ3v) is 2.58. The van der Waals surface area contributed by atoms with E-state index >= 15 is 0 Å². The highest BCUT2D eigenvalue weighted by molar-refractivity contribution is 5.90. The quantitative estimate of drug-likeness (QED) is 0.865. The maximum atomic E-state index is 11.7. The van der Waals surface area contributed by atoms with Crippen LogP contribution >= 0.6 is 0 Å². The molecule has 0 fully saturated rings. The second-order valence-corrected chi connectivity index (χ2v) is 3.91. The molecule has 1 aromatic heterocycles. The summed E-state index contributed by atoms with van der Waals surface area (Å²) in [5, 5.41) is 12.3. The van der Waals surface area contributed by atoms with Crippen molar-refractivity contribution in [2.45, 2.75) is 12.8 Å². The molecule has 1 heterocycles. The molecule has 0 radical (unpaired) electrons. The van der Waals surface area contributed by atoms with Crippen LogP contribution in [0.15, 0.2) is 48.8 Å². The summed E-state index contributed by atoms with van der Waals surface area (Å²) in [5.74, 6) is 0.152. The maximum absolute atomic E-state index is 11.7. The molecule has 2 aromatic rings. The van der Waals surface area contributed by atoms with Crippen molar-refractivity contribution in [1.82, 2.24) is 4.98 Å². The Labute approximate surface area is 105 Å². The standard InChI is InChI=1S/C14H14N2O2/c17-13-4-2-1-3-11(13)5-6-14(18)16-12-7-9-15-10-8-12/h1-4,7-10,17H,5-6H2,(H,15,16,18). The molecule has 0 unspecified atom stereocenters. The average molecular weight is 242 g/mol. The van der Waals surface area contributed by atoms with Gasteiger partial charge >= 0.3 is 0 Å². The van der Waals surface area contributed by atoms with E-state index in [2.05, 4.69) is 10.3 Å². The van der Waals surface area contributed by atoms with E-state index in [1.54, 1.807) is 36.7 Å². The molecule has 0 saturated heterocycles. The molecule has 1 aromatic carbocycles. The third-order valence-electron chi connectivity index (χ3n) is 2.58. The van der Waals surface area contributed by atoms with Gasteiger partial charge in [-0.05, 0) is 30.2 Å². The summed E-state index contributed by atoms with van der Waals surface area (Å²) >= 11 is 0. The van der Waals surface area contributed by atoms with Gasteiger partial charge in [0.2, 0.25) is 5.91 Å². The molecule has 0 aliphatic rings. The van der Waals surface area contributed by atoms with Gasteiger partial charge in [-0.2, -0.15) is 0 Å². The minimum absolute atomic E-state index is 0.0792. The van der Waals surface area contributed by atoms with Gasteiger partial charge in [0.1, 0.15) is 5.75 Å². The van der Waals surface area contributed by atoms with Crippen LogP contribution in [0.1, 0.15) is 12.0 Å². The molecule has 4 heteroatoms. The van der Waals surface area contributed by atoms with Crippen LogP contribution in [-0.4, -0.2) is 16.0 Å². The van der Waals surface area contributed by atoms with E-state index in [9.17, 15) is 9.90 Å². The molecule has 0 spiro atoms. The van der Waals surface area contributed by atoms with E-state index in [1.165, 1.54) is 0 Å². The van der Waals surface area contributed by atoms with Gasteiger partial charge in [-0.25, -0.2) is 0 Å². The number of nitrogens with zero attached hydrogens (tertiary/aromatic N) is 1. The molecule has 1 amide bonds. The number of aromatic nitrogens is 1. The fourth-order valence-electron chi connectivity index (χ4n) is 1.63. The second-order valence-electron chi connectivity index (χ2n) is 3.91. The van der Waals surface area contributed by atoms with Gasteiger partial charge in [-0.15, -0.1) is 0 Å². The topological polar surface area (TPSA) is 62.2 Å². The largest absolute Gasteiger partial charge is 0.508 e. The predicted octanol–water partition coefficient (Wildman–Crippen LogP) is 2.36. The Balaban J connectivity index is 1.88.